The Kier molecular flexibility index (Phi) is 4.45. The van der Waals surface area contributed by atoms with Crippen LogP contribution in [0.4, 0.5) is 10.1 Å². The number of carboxylic acid groups (broad SMARTS) is 1. The molecule has 2 aromatic carbocycles. The molecule has 1 aliphatic rings. The monoisotopic (exact) mass is 401 g/mol. The number of carbonyl (C=O) groups excluding carboxylic acids is 1. The van der Waals surface area contributed by atoms with Gasteiger partial charge in [-0.05, 0) is 35.4 Å². The van der Waals surface area contributed by atoms with Gasteiger partial charge in [0.25, 0.3) is 0 Å². The lowest BCUT2D eigenvalue weighted by Crippen LogP contribution is -2.22. The molecule has 0 aliphatic carbocycles. The summed E-state index contributed by atoms with van der Waals surface area (Å²) >= 11 is 7.10. The first-order valence-electron chi connectivity index (χ1n) is 8.15. The molecule has 1 atom stereocenters. The first-order chi connectivity index (χ1) is 12.9. The summed E-state index contributed by atoms with van der Waals surface area (Å²) in [5.74, 6) is -1.95. The van der Waals surface area contributed by atoms with Gasteiger partial charge in [-0.25, -0.2) is 9.18 Å². The zero-order chi connectivity index (χ0) is 19.1. The molecular formula is C20H13ClFNO3S. The number of benzene rings is 2. The molecule has 1 amide bonds. The SMILES string of the molecule is O=C1CC(c2ccc(Cl)cc2)c2sc(C(=O)O)c(-c3ccc(F)cc3)c2N1. The number of rotatable bonds is 3. The van der Waals surface area contributed by atoms with Gasteiger partial charge in [-0.2, -0.15) is 0 Å². The summed E-state index contributed by atoms with van der Waals surface area (Å²) in [5.41, 5.74) is 2.33. The third-order valence-electron chi connectivity index (χ3n) is 4.51. The van der Waals surface area contributed by atoms with E-state index in [1.165, 1.54) is 24.3 Å². The van der Waals surface area contributed by atoms with Gasteiger partial charge in [0.1, 0.15) is 10.7 Å². The molecule has 1 aromatic heterocycles. The molecule has 2 heterocycles. The van der Waals surface area contributed by atoms with Gasteiger partial charge < -0.3 is 10.4 Å². The molecule has 136 valence electrons. The highest BCUT2D eigenvalue weighted by Gasteiger charge is 2.34. The van der Waals surface area contributed by atoms with Gasteiger partial charge in [0.2, 0.25) is 5.91 Å². The Labute approximate surface area is 163 Å². The topological polar surface area (TPSA) is 66.4 Å². The third kappa shape index (κ3) is 3.22. The van der Waals surface area contributed by atoms with Crippen LogP contribution in [0.3, 0.4) is 0 Å². The fourth-order valence-electron chi connectivity index (χ4n) is 3.29. The maximum absolute atomic E-state index is 13.3. The number of amides is 1. The molecule has 4 nitrogen and oxygen atoms in total. The van der Waals surface area contributed by atoms with Crippen molar-refractivity contribution >= 4 is 40.5 Å². The number of nitrogens with one attached hydrogen (secondary N) is 1. The fourth-order valence-corrected chi connectivity index (χ4v) is 4.67. The van der Waals surface area contributed by atoms with Gasteiger partial charge in [0.05, 0.1) is 5.69 Å². The predicted molar refractivity (Wildman–Crippen MR) is 103 cm³/mol. The van der Waals surface area contributed by atoms with Crippen LogP contribution in [0.15, 0.2) is 48.5 Å². The highest BCUT2D eigenvalue weighted by molar-refractivity contribution is 7.15. The summed E-state index contributed by atoms with van der Waals surface area (Å²) in [4.78, 5) is 25.1. The lowest BCUT2D eigenvalue weighted by atomic mass is 9.89. The van der Waals surface area contributed by atoms with Crippen molar-refractivity contribution in [2.75, 3.05) is 5.32 Å². The van der Waals surface area contributed by atoms with E-state index in [9.17, 15) is 19.1 Å². The van der Waals surface area contributed by atoms with Crippen molar-refractivity contribution in [1.29, 1.82) is 0 Å². The van der Waals surface area contributed by atoms with E-state index >= 15 is 0 Å². The minimum Gasteiger partial charge on any atom is -0.477 e. The maximum Gasteiger partial charge on any atom is 0.346 e. The van der Waals surface area contributed by atoms with Crippen LogP contribution >= 0.6 is 22.9 Å². The van der Waals surface area contributed by atoms with E-state index in [1.807, 2.05) is 12.1 Å². The van der Waals surface area contributed by atoms with E-state index in [0.717, 1.165) is 21.8 Å². The molecule has 7 heteroatoms. The Hall–Kier alpha value is -2.70. The molecule has 4 rings (SSSR count). The van der Waals surface area contributed by atoms with Crippen LogP contribution in [-0.2, 0) is 4.79 Å². The number of hydrogen-bond acceptors (Lipinski definition) is 3. The number of hydrogen-bond donors (Lipinski definition) is 2. The van der Waals surface area contributed by atoms with E-state index in [-0.39, 0.29) is 23.1 Å². The summed E-state index contributed by atoms with van der Waals surface area (Å²) < 4.78 is 13.3. The van der Waals surface area contributed by atoms with E-state index < -0.39 is 11.8 Å². The maximum atomic E-state index is 13.3. The summed E-state index contributed by atoms with van der Waals surface area (Å²) in [6.45, 7) is 0. The van der Waals surface area contributed by atoms with Crippen LogP contribution in [0.25, 0.3) is 11.1 Å². The van der Waals surface area contributed by atoms with Crippen LogP contribution < -0.4 is 5.32 Å². The van der Waals surface area contributed by atoms with Crippen LogP contribution in [-0.4, -0.2) is 17.0 Å². The number of fused-ring (bicyclic) bond motifs is 1. The minimum atomic E-state index is -1.09. The zero-order valence-corrected chi connectivity index (χ0v) is 15.4. The molecule has 2 N–H and O–H groups in total. The third-order valence-corrected chi connectivity index (χ3v) is 6.05. The molecular weight excluding hydrogens is 389 g/mol. The molecule has 0 saturated carbocycles. The lowest BCUT2D eigenvalue weighted by molar-refractivity contribution is -0.116. The van der Waals surface area contributed by atoms with E-state index in [0.29, 0.717) is 21.8 Å². The molecule has 3 aromatic rings. The molecule has 0 radical (unpaired) electrons. The molecule has 1 aliphatic heterocycles. The second-order valence-corrected chi connectivity index (χ2v) is 7.70. The normalized spacial score (nSPS) is 15.9. The van der Waals surface area contributed by atoms with E-state index in [1.54, 1.807) is 12.1 Å². The number of halogens is 2. The smallest absolute Gasteiger partial charge is 0.346 e. The Morgan fingerprint density at radius 3 is 2.44 bits per heavy atom. The Morgan fingerprint density at radius 2 is 1.81 bits per heavy atom. The van der Waals surface area contributed by atoms with Gasteiger partial charge in [0.15, 0.2) is 0 Å². The Bertz CT molecular complexity index is 1040. The standard InChI is InChI=1S/C20H13ClFNO3S/c21-12-5-1-10(2-6-12)14-9-15(24)23-17-16(11-3-7-13(22)8-4-11)19(20(25)26)27-18(14)17/h1-8,14H,9H2,(H,23,24)(H,25,26). The summed E-state index contributed by atoms with van der Waals surface area (Å²) in [7, 11) is 0. The second kappa shape index (κ2) is 6.79. The second-order valence-electron chi connectivity index (χ2n) is 6.21. The number of carboxylic acids is 1. The highest BCUT2D eigenvalue weighted by Crippen LogP contribution is 2.49. The number of anilines is 1. The summed E-state index contributed by atoms with van der Waals surface area (Å²) in [6.07, 6.45) is 0.219. The van der Waals surface area contributed by atoms with Crippen LogP contribution in [0, 0.1) is 5.82 Å². The Balaban J connectivity index is 1.92. The van der Waals surface area contributed by atoms with Crippen molar-refractivity contribution in [3.05, 3.63) is 74.7 Å². The molecule has 0 saturated heterocycles. The molecule has 27 heavy (non-hydrogen) atoms. The average molecular weight is 402 g/mol. The Morgan fingerprint density at radius 1 is 1.15 bits per heavy atom. The zero-order valence-electron chi connectivity index (χ0n) is 13.8. The molecule has 0 fully saturated rings. The minimum absolute atomic E-state index is 0.118. The largest absolute Gasteiger partial charge is 0.477 e. The highest BCUT2D eigenvalue weighted by atomic mass is 35.5. The van der Waals surface area contributed by atoms with Crippen molar-refractivity contribution in [3.63, 3.8) is 0 Å². The van der Waals surface area contributed by atoms with Crippen molar-refractivity contribution in [3.8, 4) is 11.1 Å². The summed E-state index contributed by atoms with van der Waals surface area (Å²) in [6, 6.07) is 12.7. The van der Waals surface area contributed by atoms with E-state index in [4.69, 9.17) is 11.6 Å². The van der Waals surface area contributed by atoms with Crippen molar-refractivity contribution in [1.82, 2.24) is 0 Å². The van der Waals surface area contributed by atoms with Crippen LogP contribution in [0.5, 0.6) is 0 Å². The first-order valence-corrected chi connectivity index (χ1v) is 9.34. The van der Waals surface area contributed by atoms with Crippen LogP contribution in [0.1, 0.15) is 32.5 Å². The van der Waals surface area contributed by atoms with Crippen molar-refractivity contribution < 1.29 is 19.1 Å². The van der Waals surface area contributed by atoms with Gasteiger partial charge >= 0.3 is 5.97 Å². The van der Waals surface area contributed by atoms with Gasteiger partial charge in [-0.15, -0.1) is 11.3 Å². The number of thiophene rings is 1. The van der Waals surface area contributed by atoms with Crippen molar-refractivity contribution in [2.24, 2.45) is 0 Å². The van der Waals surface area contributed by atoms with E-state index in [2.05, 4.69) is 5.32 Å². The lowest BCUT2D eigenvalue weighted by Gasteiger charge is -2.24. The molecule has 0 spiro atoms. The number of carbonyl (C=O) groups is 2. The van der Waals surface area contributed by atoms with Crippen LogP contribution in [0.2, 0.25) is 5.02 Å². The number of aromatic carboxylic acids is 1. The fraction of sp³-hybridized carbons (Fsp3) is 0.100. The first kappa shape index (κ1) is 17.7. The quantitative estimate of drug-likeness (QED) is 0.619. The van der Waals surface area contributed by atoms with Gasteiger partial charge in [-0.1, -0.05) is 35.9 Å². The molecule has 0 bridgehead atoms. The van der Waals surface area contributed by atoms with Gasteiger partial charge in [-0.3, -0.25) is 4.79 Å². The van der Waals surface area contributed by atoms with Gasteiger partial charge in [0, 0.05) is 27.8 Å². The summed E-state index contributed by atoms with van der Waals surface area (Å²) in [5, 5.41) is 13.1. The van der Waals surface area contributed by atoms with Crippen molar-refractivity contribution in [2.45, 2.75) is 12.3 Å². The average Bonchev–Trinajstić information content (AvgIpc) is 3.02. The molecule has 1 unspecified atom stereocenters. The predicted octanol–water partition coefficient (Wildman–Crippen LogP) is 5.38.